The highest BCUT2D eigenvalue weighted by molar-refractivity contribution is 8.01. The number of benzene rings is 1. The molecule has 0 unspecified atom stereocenters. The molecule has 9 heteroatoms. The van der Waals surface area contributed by atoms with E-state index in [0.29, 0.717) is 43.3 Å². The SMILES string of the molecule is C=CC(=O)N1CCCN(C(=O)c2cc(Sc3cnc(NC=O)s3)c(C)cc2C)CC1. The van der Waals surface area contributed by atoms with Gasteiger partial charge in [0.15, 0.2) is 5.13 Å². The average molecular weight is 445 g/mol. The molecule has 0 spiro atoms. The summed E-state index contributed by atoms with van der Waals surface area (Å²) < 4.78 is 0.929. The van der Waals surface area contributed by atoms with Gasteiger partial charge in [-0.25, -0.2) is 4.98 Å². The molecule has 30 heavy (non-hydrogen) atoms. The van der Waals surface area contributed by atoms with E-state index in [1.165, 1.54) is 29.2 Å². The predicted molar refractivity (Wildman–Crippen MR) is 119 cm³/mol. The molecule has 0 atom stereocenters. The zero-order valence-corrected chi connectivity index (χ0v) is 18.6. The Labute approximate surface area is 184 Å². The van der Waals surface area contributed by atoms with E-state index in [9.17, 15) is 14.4 Å². The average Bonchev–Trinajstić information content (AvgIpc) is 3.01. The first-order valence-electron chi connectivity index (χ1n) is 9.58. The van der Waals surface area contributed by atoms with E-state index in [1.807, 2.05) is 30.9 Å². The Balaban J connectivity index is 1.78. The van der Waals surface area contributed by atoms with E-state index < -0.39 is 0 Å². The highest BCUT2D eigenvalue weighted by atomic mass is 32.2. The van der Waals surface area contributed by atoms with Crippen LogP contribution in [-0.2, 0) is 9.59 Å². The molecule has 7 nitrogen and oxygen atoms in total. The molecule has 3 rings (SSSR count). The van der Waals surface area contributed by atoms with Gasteiger partial charge < -0.3 is 15.1 Å². The number of carbonyl (C=O) groups is 3. The Morgan fingerprint density at radius 3 is 2.63 bits per heavy atom. The van der Waals surface area contributed by atoms with E-state index in [2.05, 4.69) is 16.9 Å². The van der Waals surface area contributed by atoms with Crippen LogP contribution in [0.5, 0.6) is 0 Å². The summed E-state index contributed by atoms with van der Waals surface area (Å²) in [6, 6.07) is 3.95. The molecule has 0 bridgehead atoms. The van der Waals surface area contributed by atoms with Gasteiger partial charge >= 0.3 is 0 Å². The maximum Gasteiger partial charge on any atom is 0.254 e. The van der Waals surface area contributed by atoms with Crippen molar-refractivity contribution in [2.24, 2.45) is 0 Å². The minimum atomic E-state index is -0.0949. The molecule has 1 N–H and O–H groups in total. The summed E-state index contributed by atoms with van der Waals surface area (Å²) in [5.41, 5.74) is 2.67. The Morgan fingerprint density at radius 2 is 1.90 bits per heavy atom. The van der Waals surface area contributed by atoms with Crippen molar-refractivity contribution in [2.75, 3.05) is 31.5 Å². The van der Waals surface area contributed by atoms with Gasteiger partial charge in [0.2, 0.25) is 12.3 Å². The maximum absolute atomic E-state index is 13.3. The fraction of sp³-hybridized carbons (Fsp3) is 0.333. The number of rotatable bonds is 6. The summed E-state index contributed by atoms with van der Waals surface area (Å²) in [7, 11) is 0. The van der Waals surface area contributed by atoms with Crippen molar-refractivity contribution in [3.05, 3.63) is 47.7 Å². The summed E-state index contributed by atoms with van der Waals surface area (Å²) in [5.74, 6) is -0.114. The molecule has 1 aromatic heterocycles. The van der Waals surface area contributed by atoms with Crippen LogP contribution >= 0.6 is 23.1 Å². The van der Waals surface area contributed by atoms with Gasteiger partial charge in [0.1, 0.15) is 0 Å². The van der Waals surface area contributed by atoms with E-state index in [0.717, 1.165) is 26.7 Å². The standard InChI is InChI=1S/C21H24N4O3S2/c1-4-18(27)24-6-5-7-25(9-8-24)20(28)16-11-17(15(3)10-14(16)2)29-19-12-22-21(30-19)23-13-26/h4,10-13H,1,5-9H2,2-3H3,(H,22,23,26). The molecule has 1 aliphatic rings. The molecule has 1 aromatic carbocycles. The Kier molecular flexibility index (Phi) is 7.28. The van der Waals surface area contributed by atoms with Crippen LogP contribution in [0.2, 0.25) is 0 Å². The molecule has 2 aromatic rings. The molecular weight excluding hydrogens is 420 g/mol. The van der Waals surface area contributed by atoms with Crippen LogP contribution in [0.15, 0.2) is 40.1 Å². The molecule has 2 heterocycles. The first-order valence-corrected chi connectivity index (χ1v) is 11.2. The van der Waals surface area contributed by atoms with Crippen molar-refractivity contribution >= 4 is 46.5 Å². The number of carbonyl (C=O) groups excluding carboxylic acids is 3. The summed E-state index contributed by atoms with van der Waals surface area (Å²) in [6.45, 7) is 9.76. The van der Waals surface area contributed by atoms with Gasteiger partial charge in [-0.2, -0.15) is 0 Å². The van der Waals surface area contributed by atoms with Gasteiger partial charge in [0, 0.05) is 36.6 Å². The summed E-state index contributed by atoms with van der Waals surface area (Å²) in [4.78, 5) is 44.4. The largest absolute Gasteiger partial charge is 0.337 e. The van der Waals surface area contributed by atoms with E-state index in [4.69, 9.17) is 0 Å². The molecule has 158 valence electrons. The van der Waals surface area contributed by atoms with Crippen LogP contribution in [0.25, 0.3) is 0 Å². The number of aryl methyl sites for hydroxylation is 2. The molecule has 1 aliphatic heterocycles. The van der Waals surface area contributed by atoms with Crippen molar-refractivity contribution in [3.8, 4) is 0 Å². The number of hydrogen-bond donors (Lipinski definition) is 1. The zero-order valence-electron chi connectivity index (χ0n) is 17.0. The zero-order chi connectivity index (χ0) is 21.7. The monoisotopic (exact) mass is 444 g/mol. The second-order valence-corrected chi connectivity index (χ2v) is 9.33. The highest BCUT2D eigenvalue weighted by Crippen LogP contribution is 2.36. The van der Waals surface area contributed by atoms with E-state index in [-0.39, 0.29) is 11.8 Å². The van der Waals surface area contributed by atoms with Crippen molar-refractivity contribution in [3.63, 3.8) is 0 Å². The lowest BCUT2D eigenvalue weighted by Gasteiger charge is -2.23. The third kappa shape index (κ3) is 5.09. The number of thiazole rings is 1. The molecule has 0 saturated carbocycles. The minimum absolute atomic E-state index is 0.0186. The van der Waals surface area contributed by atoms with E-state index in [1.54, 1.807) is 11.1 Å². The Morgan fingerprint density at radius 1 is 1.17 bits per heavy atom. The molecular formula is C21H24N4O3S2. The third-order valence-corrected chi connectivity index (χ3v) is 7.09. The maximum atomic E-state index is 13.3. The van der Waals surface area contributed by atoms with Gasteiger partial charge in [-0.15, -0.1) is 0 Å². The highest BCUT2D eigenvalue weighted by Gasteiger charge is 2.23. The van der Waals surface area contributed by atoms with Crippen molar-refractivity contribution in [1.29, 1.82) is 0 Å². The van der Waals surface area contributed by atoms with Crippen LogP contribution in [0.4, 0.5) is 5.13 Å². The Hall–Kier alpha value is -2.65. The minimum Gasteiger partial charge on any atom is -0.337 e. The Bertz CT molecular complexity index is 973. The third-order valence-electron chi connectivity index (χ3n) is 4.90. The van der Waals surface area contributed by atoms with Crippen LogP contribution in [-0.4, -0.2) is 59.2 Å². The van der Waals surface area contributed by atoms with Gasteiger partial charge in [0.05, 0.1) is 10.4 Å². The molecule has 3 amide bonds. The first-order chi connectivity index (χ1) is 14.4. The summed E-state index contributed by atoms with van der Waals surface area (Å²) in [6.07, 6.45) is 4.37. The van der Waals surface area contributed by atoms with E-state index >= 15 is 0 Å². The number of nitrogens with one attached hydrogen (secondary N) is 1. The van der Waals surface area contributed by atoms with Gasteiger partial charge in [-0.05, 0) is 43.5 Å². The fourth-order valence-electron chi connectivity index (χ4n) is 3.35. The number of hydrogen-bond acceptors (Lipinski definition) is 6. The lowest BCUT2D eigenvalue weighted by molar-refractivity contribution is -0.125. The number of aromatic nitrogens is 1. The van der Waals surface area contributed by atoms with Gasteiger partial charge in [-0.3, -0.25) is 14.4 Å². The van der Waals surface area contributed by atoms with Crippen molar-refractivity contribution in [1.82, 2.24) is 14.8 Å². The van der Waals surface area contributed by atoms with Gasteiger partial charge in [0.25, 0.3) is 5.91 Å². The molecule has 0 radical (unpaired) electrons. The van der Waals surface area contributed by atoms with Crippen LogP contribution in [0, 0.1) is 13.8 Å². The smallest absolute Gasteiger partial charge is 0.254 e. The van der Waals surface area contributed by atoms with Crippen LogP contribution in [0.1, 0.15) is 27.9 Å². The lowest BCUT2D eigenvalue weighted by Crippen LogP contribution is -2.37. The van der Waals surface area contributed by atoms with Crippen LogP contribution in [0.3, 0.4) is 0 Å². The molecule has 1 saturated heterocycles. The second kappa shape index (κ2) is 9.90. The van der Waals surface area contributed by atoms with Crippen molar-refractivity contribution < 1.29 is 14.4 Å². The normalized spacial score (nSPS) is 14.2. The van der Waals surface area contributed by atoms with Crippen molar-refractivity contribution in [2.45, 2.75) is 29.4 Å². The molecule has 0 aliphatic carbocycles. The second-order valence-electron chi connectivity index (χ2n) is 6.96. The number of anilines is 1. The summed E-state index contributed by atoms with van der Waals surface area (Å²) >= 11 is 2.91. The molecule has 1 fully saturated rings. The number of amides is 3. The van der Waals surface area contributed by atoms with Crippen LogP contribution < -0.4 is 5.32 Å². The topological polar surface area (TPSA) is 82.6 Å². The number of nitrogens with zero attached hydrogens (tertiary/aromatic N) is 3. The lowest BCUT2D eigenvalue weighted by atomic mass is 10.0. The predicted octanol–water partition coefficient (Wildman–Crippen LogP) is 3.34. The quantitative estimate of drug-likeness (QED) is 0.546. The fourth-order valence-corrected chi connectivity index (χ4v) is 5.25. The van der Waals surface area contributed by atoms with Gasteiger partial charge in [-0.1, -0.05) is 35.7 Å². The first kappa shape index (κ1) is 22.0. The summed E-state index contributed by atoms with van der Waals surface area (Å²) in [5, 5.41) is 3.09.